The molecule has 0 saturated heterocycles. The van der Waals surface area contributed by atoms with Gasteiger partial charge in [0.2, 0.25) is 0 Å². The lowest BCUT2D eigenvalue weighted by Crippen LogP contribution is -2.33. The second-order valence-electron chi connectivity index (χ2n) is 4.41. The van der Waals surface area contributed by atoms with Crippen LogP contribution in [0.5, 0.6) is 0 Å². The first-order chi connectivity index (χ1) is 8.65. The van der Waals surface area contributed by atoms with Crippen molar-refractivity contribution in [1.29, 1.82) is 0 Å². The van der Waals surface area contributed by atoms with Gasteiger partial charge < -0.3 is 10.5 Å². The molecule has 2 atom stereocenters. The molecular weight excluding hydrogens is 234 g/mol. The molecule has 0 aliphatic heterocycles. The van der Waals surface area contributed by atoms with Gasteiger partial charge in [-0.15, -0.1) is 0 Å². The zero-order valence-corrected chi connectivity index (χ0v) is 11.4. The van der Waals surface area contributed by atoms with Crippen LogP contribution in [-0.2, 0) is 19.4 Å². The Balaban J connectivity index is 3.93. The van der Waals surface area contributed by atoms with E-state index in [-0.39, 0.29) is 12.5 Å². The molecule has 0 heterocycles. The van der Waals surface area contributed by atoms with E-state index in [2.05, 4.69) is 18.7 Å². The number of unbranched alkanes of at least 4 members (excludes halogenated alkanes) is 2. The molecule has 2 unspecified atom stereocenters. The van der Waals surface area contributed by atoms with Crippen molar-refractivity contribution in [2.75, 3.05) is 0 Å². The van der Waals surface area contributed by atoms with Gasteiger partial charge in [-0.25, -0.2) is 4.79 Å². The monoisotopic (exact) mass is 259 g/mol. The molecule has 106 valence electrons. The van der Waals surface area contributed by atoms with Crippen molar-refractivity contribution in [3.8, 4) is 0 Å². The van der Waals surface area contributed by atoms with Gasteiger partial charge in [0.25, 0.3) is 0 Å². The molecule has 0 aromatic heterocycles. The van der Waals surface area contributed by atoms with Crippen LogP contribution in [0.1, 0.15) is 58.8 Å². The summed E-state index contributed by atoms with van der Waals surface area (Å²) in [6.07, 6.45) is 6.50. The molecule has 0 radical (unpaired) electrons. The van der Waals surface area contributed by atoms with Gasteiger partial charge in [0, 0.05) is 6.42 Å². The highest BCUT2D eigenvalue weighted by molar-refractivity contribution is 5.78. The summed E-state index contributed by atoms with van der Waals surface area (Å²) in [6, 6.07) is -0.930. The van der Waals surface area contributed by atoms with Crippen molar-refractivity contribution < 1.29 is 19.4 Å². The zero-order valence-electron chi connectivity index (χ0n) is 11.4. The van der Waals surface area contributed by atoms with Crippen molar-refractivity contribution in [2.45, 2.75) is 70.9 Å². The minimum Gasteiger partial charge on any atom is -0.318 e. The molecule has 0 aliphatic carbocycles. The van der Waals surface area contributed by atoms with E-state index in [1.807, 2.05) is 0 Å². The van der Waals surface area contributed by atoms with E-state index in [4.69, 9.17) is 10.6 Å². The molecule has 2 N–H and O–H groups in total. The lowest BCUT2D eigenvalue weighted by Gasteiger charge is -2.16. The lowest BCUT2D eigenvalue weighted by atomic mass is 10.1. The summed E-state index contributed by atoms with van der Waals surface area (Å²) < 4.78 is 0. The Morgan fingerprint density at radius 2 is 1.94 bits per heavy atom. The van der Waals surface area contributed by atoms with Crippen LogP contribution in [0.25, 0.3) is 0 Å². The maximum atomic E-state index is 11.3. The minimum atomic E-state index is -0.930. The van der Waals surface area contributed by atoms with Crippen molar-refractivity contribution in [1.82, 2.24) is 0 Å². The van der Waals surface area contributed by atoms with Gasteiger partial charge in [-0.05, 0) is 12.8 Å². The fraction of sp³-hybridized carbons (Fsp3) is 0.846. The second kappa shape index (κ2) is 11.2. The molecule has 0 aromatic rings. The first-order valence-electron chi connectivity index (χ1n) is 6.72. The fourth-order valence-electron chi connectivity index (χ4n) is 1.56. The Morgan fingerprint density at radius 3 is 2.50 bits per heavy atom. The van der Waals surface area contributed by atoms with Crippen molar-refractivity contribution in [2.24, 2.45) is 5.73 Å². The standard InChI is InChI=1S/C13H25NO4/c1-3-5-6-8-11(7-4-2)17-18-13(16)12(14)9-10-15/h10-12H,3-9,14H2,1-2H3. The maximum absolute atomic E-state index is 11.3. The van der Waals surface area contributed by atoms with E-state index in [0.717, 1.165) is 38.5 Å². The van der Waals surface area contributed by atoms with Crippen LogP contribution in [-0.4, -0.2) is 24.4 Å². The SMILES string of the molecule is CCCCCC(CCC)OOC(=O)C(N)CC=O. The van der Waals surface area contributed by atoms with E-state index in [1.165, 1.54) is 0 Å². The number of nitrogens with two attached hydrogens (primary N) is 1. The van der Waals surface area contributed by atoms with Gasteiger partial charge in [0.1, 0.15) is 18.4 Å². The number of hydrogen-bond donors (Lipinski definition) is 1. The smallest absolute Gasteiger partial charge is 0.318 e. The molecule has 0 amide bonds. The number of hydrogen-bond acceptors (Lipinski definition) is 5. The molecule has 18 heavy (non-hydrogen) atoms. The van der Waals surface area contributed by atoms with Gasteiger partial charge in [-0.3, -0.25) is 4.89 Å². The van der Waals surface area contributed by atoms with Gasteiger partial charge >= 0.3 is 5.97 Å². The summed E-state index contributed by atoms with van der Waals surface area (Å²) >= 11 is 0. The van der Waals surface area contributed by atoms with Gasteiger partial charge in [-0.2, -0.15) is 4.89 Å². The Kier molecular flexibility index (Phi) is 10.6. The molecule has 0 saturated carbocycles. The lowest BCUT2D eigenvalue weighted by molar-refractivity contribution is -0.301. The fourth-order valence-corrected chi connectivity index (χ4v) is 1.56. The van der Waals surface area contributed by atoms with Crippen molar-refractivity contribution >= 4 is 12.3 Å². The highest BCUT2D eigenvalue weighted by Gasteiger charge is 2.18. The molecule has 0 bridgehead atoms. The molecule has 5 nitrogen and oxygen atoms in total. The molecule has 0 aliphatic rings. The highest BCUT2D eigenvalue weighted by Crippen LogP contribution is 2.12. The first-order valence-corrected chi connectivity index (χ1v) is 6.72. The summed E-state index contributed by atoms with van der Waals surface area (Å²) in [6.45, 7) is 4.18. The van der Waals surface area contributed by atoms with E-state index in [9.17, 15) is 9.59 Å². The summed E-state index contributed by atoms with van der Waals surface area (Å²) in [5.41, 5.74) is 5.42. The third-order valence-electron chi connectivity index (χ3n) is 2.66. The summed E-state index contributed by atoms with van der Waals surface area (Å²) in [5, 5.41) is 0. The van der Waals surface area contributed by atoms with E-state index < -0.39 is 12.0 Å². The van der Waals surface area contributed by atoms with Gasteiger partial charge in [0.05, 0.1) is 0 Å². The number of carbonyl (C=O) groups excluding carboxylic acids is 2. The van der Waals surface area contributed by atoms with E-state index in [0.29, 0.717) is 6.29 Å². The molecule has 5 heteroatoms. The third-order valence-corrected chi connectivity index (χ3v) is 2.66. The molecule has 0 fully saturated rings. The predicted octanol–water partition coefficient (Wildman–Crippen LogP) is 2.13. The number of rotatable bonds is 11. The average molecular weight is 259 g/mol. The van der Waals surface area contributed by atoms with Crippen molar-refractivity contribution in [3.63, 3.8) is 0 Å². The molecule has 0 aromatic carbocycles. The quantitative estimate of drug-likeness (QED) is 0.266. The topological polar surface area (TPSA) is 78.6 Å². The molecule has 0 spiro atoms. The Morgan fingerprint density at radius 1 is 1.22 bits per heavy atom. The van der Waals surface area contributed by atoms with Crippen molar-refractivity contribution in [3.05, 3.63) is 0 Å². The summed E-state index contributed by atoms with van der Waals surface area (Å²) in [5.74, 6) is -0.682. The van der Waals surface area contributed by atoms with E-state index >= 15 is 0 Å². The number of aldehydes is 1. The number of carbonyl (C=O) groups is 2. The predicted molar refractivity (Wildman–Crippen MR) is 68.7 cm³/mol. The zero-order chi connectivity index (χ0) is 13.8. The molecular formula is C13H25NO4. The first kappa shape index (κ1) is 17.1. The van der Waals surface area contributed by atoms with Crippen LogP contribution in [0.15, 0.2) is 0 Å². The summed E-state index contributed by atoms with van der Waals surface area (Å²) in [4.78, 5) is 31.3. The third kappa shape index (κ3) is 8.20. The van der Waals surface area contributed by atoms with Gasteiger partial charge in [0.15, 0.2) is 0 Å². The minimum absolute atomic E-state index is 0.0452. The molecule has 0 rings (SSSR count). The van der Waals surface area contributed by atoms with Crippen LogP contribution in [0.3, 0.4) is 0 Å². The van der Waals surface area contributed by atoms with E-state index in [1.54, 1.807) is 0 Å². The van der Waals surface area contributed by atoms with Crippen LogP contribution in [0.4, 0.5) is 0 Å². The normalized spacial score (nSPS) is 13.9. The Hall–Kier alpha value is -0.940. The summed E-state index contributed by atoms with van der Waals surface area (Å²) in [7, 11) is 0. The maximum Gasteiger partial charge on any atom is 0.359 e. The Labute approximate surface area is 109 Å². The van der Waals surface area contributed by atoms with Crippen LogP contribution in [0, 0.1) is 0 Å². The highest BCUT2D eigenvalue weighted by atomic mass is 17.2. The van der Waals surface area contributed by atoms with Crippen LogP contribution >= 0.6 is 0 Å². The second-order valence-corrected chi connectivity index (χ2v) is 4.41. The van der Waals surface area contributed by atoms with Crippen LogP contribution < -0.4 is 5.73 Å². The van der Waals surface area contributed by atoms with Crippen LogP contribution in [0.2, 0.25) is 0 Å². The average Bonchev–Trinajstić information content (AvgIpc) is 2.36. The largest absolute Gasteiger partial charge is 0.359 e. The Bertz CT molecular complexity index is 233. The van der Waals surface area contributed by atoms with Gasteiger partial charge in [-0.1, -0.05) is 39.5 Å².